The highest BCUT2D eigenvalue weighted by Crippen LogP contribution is 2.46. The normalized spacial score (nSPS) is 33.0. The molecule has 2 fully saturated rings. The molecule has 1 aliphatic heterocycles. The van der Waals surface area contributed by atoms with Gasteiger partial charge in [0.05, 0.1) is 18.1 Å². The molecule has 0 spiro atoms. The molecule has 1 saturated heterocycles. The van der Waals surface area contributed by atoms with Crippen molar-refractivity contribution in [2.75, 3.05) is 20.2 Å². The van der Waals surface area contributed by atoms with Gasteiger partial charge in [-0.05, 0) is 32.1 Å². The topological polar surface area (TPSA) is 94.9 Å². The molecular formula is C16H23N5O2. The second-order valence-corrected chi connectivity index (χ2v) is 6.98. The first-order chi connectivity index (χ1) is 10.9. The Balaban J connectivity index is 1.66. The summed E-state index contributed by atoms with van der Waals surface area (Å²) in [6, 6.07) is 2.24. The van der Waals surface area contributed by atoms with Crippen LogP contribution in [0.5, 0.6) is 0 Å². The number of nitrogens with zero attached hydrogens (tertiary/aromatic N) is 4. The first-order valence-electron chi connectivity index (χ1n) is 8.12. The van der Waals surface area contributed by atoms with Crippen molar-refractivity contribution in [3.05, 3.63) is 11.6 Å². The third-order valence-corrected chi connectivity index (χ3v) is 4.97. The number of hydrogen-bond donors (Lipinski definition) is 1. The fourth-order valence-electron chi connectivity index (χ4n) is 3.81. The van der Waals surface area contributed by atoms with Crippen molar-refractivity contribution < 1.29 is 9.53 Å². The number of carbonyl (C=O) groups is 1. The zero-order valence-electron chi connectivity index (χ0n) is 13.9. The van der Waals surface area contributed by atoms with Gasteiger partial charge < -0.3 is 9.64 Å². The first-order valence-corrected chi connectivity index (χ1v) is 8.12. The number of nitriles is 1. The van der Waals surface area contributed by atoms with E-state index in [0.29, 0.717) is 31.9 Å². The van der Waals surface area contributed by atoms with Crippen LogP contribution < -0.4 is 0 Å². The monoisotopic (exact) mass is 317 g/mol. The van der Waals surface area contributed by atoms with E-state index < -0.39 is 5.41 Å². The molecule has 2 heterocycles. The van der Waals surface area contributed by atoms with Crippen LogP contribution in [0.1, 0.15) is 43.8 Å². The van der Waals surface area contributed by atoms with Gasteiger partial charge in [0.25, 0.3) is 0 Å². The van der Waals surface area contributed by atoms with Crippen LogP contribution in [0.4, 0.5) is 0 Å². The number of hydrogen-bond acceptors (Lipinski definition) is 5. The Labute approximate surface area is 136 Å². The minimum atomic E-state index is -0.830. The lowest BCUT2D eigenvalue weighted by Crippen LogP contribution is -2.50. The summed E-state index contributed by atoms with van der Waals surface area (Å²) < 4.78 is 5.80. The number of aryl methyl sites for hydroxylation is 1. The van der Waals surface area contributed by atoms with Crippen LogP contribution in [0.2, 0.25) is 0 Å². The highest BCUT2D eigenvalue weighted by molar-refractivity contribution is 5.86. The molecule has 0 aromatic carbocycles. The number of nitrogens with one attached hydrogen (secondary N) is 1. The number of amides is 1. The number of ether oxygens (including phenoxy) is 1. The largest absolute Gasteiger partial charge is 0.376 e. The molecule has 0 unspecified atom stereocenters. The quantitative estimate of drug-likeness (QED) is 0.905. The lowest BCUT2D eigenvalue weighted by molar-refractivity contribution is -0.145. The van der Waals surface area contributed by atoms with Crippen molar-refractivity contribution in [2.24, 2.45) is 11.3 Å². The van der Waals surface area contributed by atoms with Crippen LogP contribution in [0, 0.1) is 29.6 Å². The van der Waals surface area contributed by atoms with Crippen molar-refractivity contribution in [3.8, 4) is 6.07 Å². The third-order valence-electron chi connectivity index (χ3n) is 4.97. The Morgan fingerprint density at radius 1 is 1.57 bits per heavy atom. The molecule has 2 aliphatic rings. The highest BCUT2D eigenvalue weighted by atomic mass is 16.5. The predicted molar refractivity (Wildman–Crippen MR) is 82.3 cm³/mol. The first kappa shape index (κ1) is 15.9. The SMILES string of the molecule is Cc1nc([C@@H]2CCO[C@@H]2CN(C)C(=O)C2(C#N)CC(C)C2)n[nH]1. The molecule has 7 heteroatoms. The third kappa shape index (κ3) is 2.83. The Morgan fingerprint density at radius 2 is 2.30 bits per heavy atom. The molecule has 1 saturated carbocycles. The highest BCUT2D eigenvalue weighted by Gasteiger charge is 2.50. The van der Waals surface area contributed by atoms with E-state index in [0.717, 1.165) is 18.1 Å². The maximum atomic E-state index is 12.7. The molecule has 124 valence electrons. The Kier molecular flexibility index (Phi) is 4.11. The zero-order valence-corrected chi connectivity index (χ0v) is 13.9. The van der Waals surface area contributed by atoms with Crippen molar-refractivity contribution in [1.29, 1.82) is 5.26 Å². The van der Waals surface area contributed by atoms with Crippen LogP contribution in [0.3, 0.4) is 0 Å². The predicted octanol–water partition coefficient (Wildman–Crippen LogP) is 1.38. The van der Waals surface area contributed by atoms with E-state index in [4.69, 9.17) is 4.74 Å². The van der Waals surface area contributed by atoms with E-state index in [1.807, 2.05) is 6.92 Å². The molecule has 1 N–H and O–H groups in total. The Morgan fingerprint density at radius 3 is 2.87 bits per heavy atom. The fraction of sp³-hybridized carbons (Fsp3) is 0.750. The molecule has 7 nitrogen and oxygen atoms in total. The van der Waals surface area contributed by atoms with Crippen molar-refractivity contribution in [3.63, 3.8) is 0 Å². The van der Waals surface area contributed by atoms with Gasteiger partial charge in [-0.3, -0.25) is 9.89 Å². The van der Waals surface area contributed by atoms with E-state index in [-0.39, 0.29) is 17.9 Å². The summed E-state index contributed by atoms with van der Waals surface area (Å²) >= 11 is 0. The summed E-state index contributed by atoms with van der Waals surface area (Å²) in [6.07, 6.45) is 2.04. The average molecular weight is 317 g/mol. The summed E-state index contributed by atoms with van der Waals surface area (Å²) in [7, 11) is 1.76. The van der Waals surface area contributed by atoms with E-state index in [2.05, 4.69) is 28.2 Å². The van der Waals surface area contributed by atoms with Crippen molar-refractivity contribution in [1.82, 2.24) is 20.1 Å². The van der Waals surface area contributed by atoms with E-state index in [9.17, 15) is 10.1 Å². The summed E-state index contributed by atoms with van der Waals surface area (Å²) in [5.74, 6) is 1.98. The van der Waals surface area contributed by atoms with Gasteiger partial charge in [0.15, 0.2) is 5.82 Å². The minimum Gasteiger partial charge on any atom is -0.376 e. The molecule has 1 aromatic heterocycles. The summed E-state index contributed by atoms with van der Waals surface area (Å²) in [6.45, 7) is 5.05. The molecular weight excluding hydrogens is 294 g/mol. The standard InChI is InChI=1S/C16H23N5O2/c1-10-6-16(7-10,9-17)15(22)21(3)8-13-12(4-5-23-13)14-18-11(2)19-20-14/h10,12-13H,4-8H2,1-3H3,(H,18,19,20)/t10?,12-,13-,16?/m1/s1. The van der Waals surface area contributed by atoms with Gasteiger partial charge in [-0.2, -0.15) is 10.4 Å². The molecule has 1 aromatic rings. The van der Waals surface area contributed by atoms with Crippen LogP contribution in [-0.2, 0) is 9.53 Å². The van der Waals surface area contributed by atoms with Crippen molar-refractivity contribution in [2.45, 2.75) is 45.1 Å². The number of likely N-dealkylation sites (N-methyl/N-ethyl adjacent to an activating group) is 1. The van der Waals surface area contributed by atoms with Gasteiger partial charge in [-0.25, -0.2) is 4.98 Å². The number of carbonyl (C=O) groups excluding carboxylic acids is 1. The van der Waals surface area contributed by atoms with Gasteiger partial charge in [-0.15, -0.1) is 0 Å². The van der Waals surface area contributed by atoms with E-state index >= 15 is 0 Å². The zero-order chi connectivity index (χ0) is 16.6. The van der Waals surface area contributed by atoms with Gasteiger partial charge in [-0.1, -0.05) is 6.92 Å². The number of aromatic amines is 1. The fourth-order valence-corrected chi connectivity index (χ4v) is 3.81. The molecule has 1 amide bonds. The molecule has 0 radical (unpaired) electrons. The second kappa shape index (κ2) is 5.93. The Bertz CT molecular complexity index is 629. The Hall–Kier alpha value is -1.94. The smallest absolute Gasteiger partial charge is 0.242 e. The van der Waals surface area contributed by atoms with Crippen molar-refractivity contribution >= 4 is 5.91 Å². The molecule has 1 aliphatic carbocycles. The lowest BCUT2D eigenvalue weighted by atomic mass is 9.63. The molecule has 23 heavy (non-hydrogen) atoms. The second-order valence-electron chi connectivity index (χ2n) is 6.98. The van der Waals surface area contributed by atoms with Gasteiger partial charge in [0, 0.05) is 20.2 Å². The molecule has 0 bridgehead atoms. The summed E-state index contributed by atoms with van der Waals surface area (Å²) in [4.78, 5) is 18.7. The van der Waals surface area contributed by atoms with Gasteiger partial charge >= 0.3 is 0 Å². The maximum absolute atomic E-state index is 12.7. The van der Waals surface area contributed by atoms with Crippen LogP contribution >= 0.6 is 0 Å². The average Bonchev–Trinajstić information content (AvgIpc) is 3.11. The lowest BCUT2D eigenvalue weighted by Gasteiger charge is -2.42. The maximum Gasteiger partial charge on any atom is 0.242 e. The van der Waals surface area contributed by atoms with E-state index in [1.165, 1.54) is 0 Å². The van der Waals surface area contributed by atoms with Gasteiger partial charge in [0.2, 0.25) is 5.91 Å². The minimum absolute atomic E-state index is 0.0847. The number of rotatable bonds is 4. The van der Waals surface area contributed by atoms with Crippen LogP contribution in [-0.4, -0.2) is 52.3 Å². The molecule has 2 atom stereocenters. The van der Waals surface area contributed by atoms with Crippen LogP contribution in [0.25, 0.3) is 0 Å². The summed E-state index contributed by atoms with van der Waals surface area (Å²) in [5, 5.41) is 16.5. The van der Waals surface area contributed by atoms with Crippen LogP contribution in [0.15, 0.2) is 0 Å². The van der Waals surface area contributed by atoms with Gasteiger partial charge in [0.1, 0.15) is 11.2 Å². The number of aromatic nitrogens is 3. The molecule has 3 rings (SSSR count). The summed E-state index contributed by atoms with van der Waals surface area (Å²) in [5.41, 5.74) is -0.830. The number of H-pyrrole nitrogens is 1. The van der Waals surface area contributed by atoms with E-state index in [1.54, 1.807) is 11.9 Å².